The first kappa shape index (κ1) is 14.2. The van der Waals surface area contributed by atoms with E-state index in [2.05, 4.69) is 26.5 Å². The van der Waals surface area contributed by atoms with Gasteiger partial charge in [-0.2, -0.15) is 5.10 Å². The number of hydrazone groups is 1. The van der Waals surface area contributed by atoms with E-state index >= 15 is 0 Å². The first-order valence-electron chi connectivity index (χ1n) is 6.77. The molecule has 0 radical (unpaired) electrons. The number of rotatable bonds is 4. The predicted molar refractivity (Wildman–Crippen MR) is 90.6 cm³/mol. The molecule has 0 unspecified atom stereocenters. The largest absolute Gasteiger partial charge is 0.383 e. The summed E-state index contributed by atoms with van der Waals surface area (Å²) >= 11 is 7.77. The lowest BCUT2D eigenvalue weighted by atomic mass is 10.2. The molecular weight excluding hydrogens is 306 g/mol. The van der Waals surface area contributed by atoms with E-state index in [0.29, 0.717) is 10.9 Å². The molecule has 0 amide bonds. The molecule has 1 aromatic heterocycles. The Hall–Kier alpha value is -1.79. The molecule has 1 aliphatic heterocycles. The quantitative estimate of drug-likeness (QED) is 0.669. The summed E-state index contributed by atoms with van der Waals surface area (Å²) in [6.45, 7) is 2.17. The van der Waals surface area contributed by atoms with Crippen molar-refractivity contribution in [2.45, 2.75) is 12.8 Å². The van der Waals surface area contributed by atoms with Gasteiger partial charge in [0.15, 0.2) is 0 Å². The van der Waals surface area contributed by atoms with E-state index in [1.165, 1.54) is 24.2 Å². The number of benzene rings is 1. The predicted octanol–water partition coefficient (Wildman–Crippen LogP) is 3.42. The molecule has 0 saturated carbocycles. The van der Waals surface area contributed by atoms with E-state index in [-0.39, 0.29) is 0 Å². The number of nitrogens with one attached hydrogen (secondary N) is 1. The third-order valence-corrected chi connectivity index (χ3v) is 4.38. The standard InChI is InChI=1S/C14H16ClN5S/c15-11-7-10(3-4-12(11)20-5-1-2-6-20)8-17-19-14-18-13(16)9-21-14/h3-4,7-9H,1-2,5-6,16H2,(H,18,19). The number of thiazole rings is 1. The Bertz CT molecular complexity index is 649. The number of nitrogens with zero attached hydrogens (tertiary/aromatic N) is 3. The maximum Gasteiger partial charge on any atom is 0.205 e. The Morgan fingerprint density at radius 3 is 2.86 bits per heavy atom. The fraction of sp³-hybridized carbons (Fsp3) is 0.286. The lowest BCUT2D eigenvalue weighted by molar-refractivity contribution is 0.949. The molecule has 7 heteroatoms. The van der Waals surface area contributed by atoms with Crippen LogP contribution >= 0.6 is 22.9 Å². The van der Waals surface area contributed by atoms with Crippen LogP contribution in [-0.4, -0.2) is 24.3 Å². The van der Waals surface area contributed by atoms with E-state index in [4.69, 9.17) is 17.3 Å². The van der Waals surface area contributed by atoms with Gasteiger partial charge in [0.1, 0.15) is 5.82 Å². The van der Waals surface area contributed by atoms with Crippen LogP contribution in [0.2, 0.25) is 5.02 Å². The molecule has 1 aromatic carbocycles. The molecule has 0 spiro atoms. The van der Waals surface area contributed by atoms with Crippen LogP contribution in [0.15, 0.2) is 28.7 Å². The number of nitrogens with two attached hydrogens (primary N) is 1. The Morgan fingerprint density at radius 2 is 2.19 bits per heavy atom. The molecule has 1 aliphatic rings. The summed E-state index contributed by atoms with van der Waals surface area (Å²) < 4.78 is 0. The minimum Gasteiger partial charge on any atom is -0.383 e. The monoisotopic (exact) mass is 321 g/mol. The highest BCUT2D eigenvalue weighted by Crippen LogP contribution is 2.29. The molecular formula is C14H16ClN5S. The highest BCUT2D eigenvalue weighted by atomic mass is 35.5. The zero-order valence-electron chi connectivity index (χ0n) is 11.4. The summed E-state index contributed by atoms with van der Waals surface area (Å²) in [7, 11) is 0. The Labute approximate surface area is 132 Å². The second-order valence-corrected chi connectivity index (χ2v) is 6.12. The van der Waals surface area contributed by atoms with Gasteiger partial charge in [0.2, 0.25) is 5.13 Å². The second kappa shape index (κ2) is 6.32. The van der Waals surface area contributed by atoms with Gasteiger partial charge in [-0.3, -0.25) is 5.43 Å². The normalized spacial score (nSPS) is 15.0. The van der Waals surface area contributed by atoms with Crippen molar-refractivity contribution < 1.29 is 0 Å². The summed E-state index contributed by atoms with van der Waals surface area (Å²) in [5.41, 5.74) is 10.4. The summed E-state index contributed by atoms with van der Waals surface area (Å²) in [4.78, 5) is 6.38. The number of anilines is 3. The first-order chi connectivity index (χ1) is 10.2. The van der Waals surface area contributed by atoms with Crippen molar-refractivity contribution >= 4 is 45.8 Å². The minimum atomic E-state index is 0.496. The summed E-state index contributed by atoms with van der Waals surface area (Å²) in [5.74, 6) is 0.496. The molecule has 110 valence electrons. The van der Waals surface area contributed by atoms with Gasteiger partial charge >= 0.3 is 0 Å². The van der Waals surface area contributed by atoms with Crippen molar-refractivity contribution in [2.24, 2.45) is 5.10 Å². The van der Waals surface area contributed by atoms with Crippen molar-refractivity contribution in [1.29, 1.82) is 0 Å². The fourth-order valence-corrected chi connectivity index (χ4v) is 3.17. The number of aromatic nitrogens is 1. The minimum absolute atomic E-state index is 0.496. The first-order valence-corrected chi connectivity index (χ1v) is 8.03. The topological polar surface area (TPSA) is 66.5 Å². The molecule has 1 saturated heterocycles. The van der Waals surface area contributed by atoms with E-state index in [0.717, 1.165) is 29.4 Å². The smallest absolute Gasteiger partial charge is 0.205 e. The summed E-state index contributed by atoms with van der Waals surface area (Å²) in [5, 5.41) is 7.34. The highest BCUT2D eigenvalue weighted by Gasteiger charge is 2.14. The summed E-state index contributed by atoms with van der Waals surface area (Å²) in [6.07, 6.45) is 4.19. The van der Waals surface area contributed by atoms with Crippen LogP contribution in [0.4, 0.5) is 16.6 Å². The number of hydrogen-bond acceptors (Lipinski definition) is 6. The molecule has 1 fully saturated rings. The molecule has 5 nitrogen and oxygen atoms in total. The van der Waals surface area contributed by atoms with Gasteiger partial charge in [-0.25, -0.2) is 4.98 Å². The zero-order valence-corrected chi connectivity index (χ0v) is 13.0. The lowest BCUT2D eigenvalue weighted by Crippen LogP contribution is -2.17. The van der Waals surface area contributed by atoms with Gasteiger partial charge in [0, 0.05) is 18.5 Å². The van der Waals surface area contributed by atoms with Crippen LogP contribution in [-0.2, 0) is 0 Å². The van der Waals surface area contributed by atoms with Crippen LogP contribution in [0.1, 0.15) is 18.4 Å². The Balaban J connectivity index is 1.67. The van der Waals surface area contributed by atoms with Gasteiger partial charge in [-0.15, -0.1) is 11.3 Å². The molecule has 3 rings (SSSR count). The molecule has 21 heavy (non-hydrogen) atoms. The van der Waals surface area contributed by atoms with Crippen molar-refractivity contribution in [3.05, 3.63) is 34.2 Å². The average Bonchev–Trinajstić information content (AvgIpc) is 3.11. The maximum absolute atomic E-state index is 6.36. The second-order valence-electron chi connectivity index (χ2n) is 4.85. The summed E-state index contributed by atoms with van der Waals surface area (Å²) in [6, 6.07) is 5.99. The Morgan fingerprint density at radius 1 is 1.38 bits per heavy atom. The van der Waals surface area contributed by atoms with Gasteiger partial charge in [-0.05, 0) is 30.5 Å². The third kappa shape index (κ3) is 3.46. The van der Waals surface area contributed by atoms with E-state index in [1.54, 1.807) is 11.6 Å². The van der Waals surface area contributed by atoms with Crippen LogP contribution < -0.4 is 16.1 Å². The van der Waals surface area contributed by atoms with E-state index in [9.17, 15) is 0 Å². The molecule has 0 atom stereocenters. The average molecular weight is 322 g/mol. The maximum atomic E-state index is 6.36. The fourth-order valence-electron chi connectivity index (χ4n) is 2.32. The zero-order chi connectivity index (χ0) is 14.7. The number of nitrogen functional groups attached to an aromatic ring is 1. The number of halogens is 1. The molecule has 2 aromatic rings. The van der Waals surface area contributed by atoms with Crippen molar-refractivity contribution in [3.8, 4) is 0 Å². The van der Waals surface area contributed by atoms with Gasteiger partial charge in [-0.1, -0.05) is 17.7 Å². The molecule has 3 N–H and O–H groups in total. The van der Waals surface area contributed by atoms with Crippen molar-refractivity contribution in [1.82, 2.24) is 4.98 Å². The third-order valence-electron chi connectivity index (χ3n) is 3.31. The number of hydrogen-bond donors (Lipinski definition) is 2. The lowest BCUT2D eigenvalue weighted by Gasteiger charge is -2.19. The van der Waals surface area contributed by atoms with Crippen molar-refractivity contribution in [3.63, 3.8) is 0 Å². The molecule has 0 aliphatic carbocycles. The van der Waals surface area contributed by atoms with Crippen molar-refractivity contribution in [2.75, 3.05) is 29.1 Å². The molecule has 2 heterocycles. The van der Waals surface area contributed by atoms with Gasteiger partial charge in [0.25, 0.3) is 0 Å². The van der Waals surface area contributed by atoms with E-state index in [1.807, 2.05) is 12.1 Å². The van der Waals surface area contributed by atoms with Gasteiger partial charge < -0.3 is 10.6 Å². The molecule has 0 bridgehead atoms. The van der Waals surface area contributed by atoms with E-state index < -0.39 is 0 Å². The van der Waals surface area contributed by atoms with Crippen LogP contribution in [0.3, 0.4) is 0 Å². The SMILES string of the molecule is Nc1csc(NN=Cc2ccc(N3CCCC3)c(Cl)c2)n1. The highest BCUT2D eigenvalue weighted by molar-refractivity contribution is 7.14. The Kier molecular flexibility index (Phi) is 4.26. The van der Waals surface area contributed by atoms with Crippen LogP contribution in [0.25, 0.3) is 0 Å². The van der Waals surface area contributed by atoms with Crippen LogP contribution in [0, 0.1) is 0 Å². The van der Waals surface area contributed by atoms with Crippen LogP contribution in [0.5, 0.6) is 0 Å². The van der Waals surface area contributed by atoms with Gasteiger partial charge in [0.05, 0.1) is 16.9 Å².